The average Bonchev–Trinajstić information content (AvgIpc) is 4.12. The minimum atomic E-state index is 0.420. The molecule has 10 nitrogen and oxygen atoms in total. The summed E-state index contributed by atoms with van der Waals surface area (Å²) in [6.07, 6.45) is 19.4. The van der Waals surface area contributed by atoms with E-state index in [2.05, 4.69) is 194 Å². The molecule has 0 bridgehead atoms. The van der Waals surface area contributed by atoms with Crippen LogP contribution >= 0.6 is 0 Å². The molecule has 6 aromatic heterocycles. The summed E-state index contributed by atoms with van der Waals surface area (Å²) >= 11 is 0. The lowest BCUT2D eigenvalue weighted by Gasteiger charge is -1.91. The summed E-state index contributed by atoms with van der Waals surface area (Å²) in [5, 5.41) is 10.5. The van der Waals surface area contributed by atoms with Crippen molar-refractivity contribution in [2.24, 2.45) is 49.6 Å². The van der Waals surface area contributed by atoms with E-state index < -0.39 is 0 Å². The number of hydrogen-bond donors (Lipinski definition) is 2. The normalized spacial score (nSPS) is 9.25. The number of aromatic amines is 2. The lowest BCUT2D eigenvalue weighted by atomic mass is 10.2. The van der Waals surface area contributed by atoms with Gasteiger partial charge in [-0.2, -0.15) is 10.2 Å². The predicted octanol–water partition coefficient (Wildman–Crippen LogP) is 10.2. The van der Waals surface area contributed by atoms with Gasteiger partial charge in [-0.05, 0) is 43.0 Å². The lowest BCUT2D eigenvalue weighted by Crippen LogP contribution is -1.89. The molecule has 0 aromatic carbocycles. The first kappa shape index (κ1) is 55.5. The van der Waals surface area contributed by atoms with Gasteiger partial charge in [0.25, 0.3) is 0 Å². The van der Waals surface area contributed by atoms with Crippen molar-refractivity contribution in [1.82, 2.24) is 49.5 Å². The molecule has 0 fully saturated rings. The SMILES string of the molecule is CC(C)C#Cc1cccnc1.CC(C)C#Cc1cn[nH]c1.CC(C)C#Cc1cnc[nH]1.CC(C)C#Cc1cncn1C.CC(C)C#Cc1cnn(C)c1.Cc1ccc(C#CC(C)C)cn1. The highest BCUT2D eigenvalue weighted by atomic mass is 15.2. The van der Waals surface area contributed by atoms with Crippen molar-refractivity contribution in [2.75, 3.05) is 0 Å². The van der Waals surface area contributed by atoms with Crippen LogP contribution in [-0.2, 0) is 14.1 Å². The zero-order valence-corrected chi connectivity index (χ0v) is 41.2. The second kappa shape index (κ2) is 33.1. The Morgan fingerprint density at radius 2 is 1.08 bits per heavy atom. The van der Waals surface area contributed by atoms with Gasteiger partial charge in [0.15, 0.2) is 0 Å². The van der Waals surface area contributed by atoms with Crippen molar-refractivity contribution in [3.63, 3.8) is 0 Å². The van der Waals surface area contributed by atoms with E-state index in [0.717, 1.165) is 39.3 Å². The van der Waals surface area contributed by atoms with Crippen LogP contribution < -0.4 is 0 Å². The first-order valence-electron chi connectivity index (χ1n) is 21.8. The Bertz CT molecular complexity index is 2500. The molecule has 0 atom stereocenters. The molecule has 6 rings (SSSR count). The summed E-state index contributed by atoms with van der Waals surface area (Å²) in [7, 11) is 3.83. The van der Waals surface area contributed by atoms with Crippen molar-refractivity contribution in [2.45, 2.75) is 90.0 Å². The molecule has 10 heteroatoms. The Morgan fingerprint density at radius 1 is 0.523 bits per heavy atom. The van der Waals surface area contributed by atoms with E-state index >= 15 is 0 Å². The fourth-order valence-corrected chi connectivity index (χ4v) is 3.94. The van der Waals surface area contributed by atoms with E-state index in [9.17, 15) is 0 Å². The molecule has 0 aliphatic heterocycles. The third kappa shape index (κ3) is 31.1. The number of H-pyrrole nitrogens is 2. The number of pyridine rings is 2. The first-order valence-corrected chi connectivity index (χ1v) is 21.8. The molecule has 6 heterocycles. The molecule has 0 radical (unpaired) electrons. The molecule has 0 aliphatic rings. The number of hydrogen-bond acceptors (Lipinski definition) is 6. The largest absolute Gasteiger partial charge is 0.338 e. The van der Waals surface area contributed by atoms with Crippen LogP contribution in [0.1, 0.15) is 122 Å². The molecule has 338 valence electrons. The van der Waals surface area contributed by atoms with Crippen LogP contribution in [0.15, 0.2) is 92.7 Å². The van der Waals surface area contributed by atoms with E-state index in [0.29, 0.717) is 35.5 Å². The van der Waals surface area contributed by atoms with Gasteiger partial charge in [0.1, 0.15) is 11.4 Å². The summed E-state index contributed by atoms with van der Waals surface area (Å²) in [5.74, 6) is 39.0. The van der Waals surface area contributed by atoms with Gasteiger partial charge in [0.2, 0.25) is 0 Å². The van der Waals surface area contributed by atoms with Crippen LogP contribution in [0.2, 0.25) is 0 Å². The minimum Gasteiger partial charge on any atom is -0.338 e. The number of rotatable bonds is 0. The molecule has 0 saturated carbocycles. The van der Waals surface area contributed by atoms with Gasteiger partial charge in [0, 0.05) is 97.4 Å². The molecule has 0 saturated heterocycles. The van der Waals surface area contributed by atoms with E-state index in [1.165, 1.54) is 0 Å². The Labute approximate surface area is 390 Å². The second-order valence-electron chi connectivity index (χ2n) is 16.2. The highest BCUT2D eigenvalue weighted by molar-refractivity contribution is 5.33. The monoisotopic (exact) mass is 869 g/mol. The van der Waals surface area contributed by atoms with E-state index in [-0.39, 0.29) is 0 Å². The van der Waals surface area contributed by atoms with E-state index in [1.54, 1.807) is 60.7 Å². The molecular weight excluding hydrogens is 801 g/mol. The van der Waals surface area contributed by atoms with Crippen LogP contribution in [0.3, 0.4) is 0 Å². The van der Waals surface area contributed by atoms with Crippen molar-refractivity contribution >= 4 is 0 Å². The summed E-state index contributed by atoms with van der Waals surface area (Å²) in [5.41, 5.74) is 6.81. The smallest absolute Gasteiger partial charge is 0.111 e. The fourth-order valence-electron chi connectivity index (χ4n) is 3.94. The standard InChI is InChI=1S/C11H13N.C10H11N.2C9H12N2.2C8H10N2/c1-9(2)4-6-11-7-5-10(3)12-8-11;1-9(2)5-6-10-4-3-7-11-8-10;1-8(2)4-5-9-6-10-7-11(9)3;1-8(2)4-5-9-6-10-11(3)7-9;1-7(2)3-4-8-5-9-6-10-8;1-7(2)3-4-8-5-9-10-6-8/h5,7-9H,1-3H3;3-4,7-9H,1-2H3;2*6-8H,1-3H3;2*5-7H,1-2H3,(H,9,10). The zero-order valence-electron chi connectivity index (χ0n) is 41.2. The molecule has 6 aromatic rings. The minimum absolute atomic E-state index is 0.420. The Kier molecular flexibility index (Phi) is 28.3. The maximum Gasteiger partial charge on any atom is 0.111 e. The highest BCUT2D eigenvalue weighted by Gasteiger charge is 1.92. The number of imidazole rings is 2. The predicted molar refractivity (Wildman–Crippen MR) is 267 cm³/mol. The third-order valence-corrected chi connectivity index (χ3v) is 7.10. The molecule has 0 aliphatic carbocycles. The molecule has 0 spiro atoms. The quantitative estimate of drug-likeness (QED) is 0.147. The highest BCUT2D eigenvalue weighted by Crippen LogP contribution is 1.99. The number of nitrogens with one attached hydrogen (secondary N) is 2. The number of aromatic nitrogens is 10. The van der Waals surface area contributed by atoms with Gasteiger partial charge >= 0.3 is 0 Å². The van der Waals surface area contributed by atoms with Crippen LogP contribution in [0.5, 0.6) is 0 Å². The summed E-state index contributed by atoms with van der Waals surface area (Å²) in [6, 6.07) is 7.83. The first-order chi connectivity index (χ1) is 30.9. The van der Waals surface area contributed by atoms with Gasteiger partial charge in [-0.3, -0.25) is 19.7 Å². The van der Waals surface area contributed by atoms with Gasteiger partial charge in [-0.25, -0.2) is 9.97 Å². The van der Waals surface area contributed by atoms with Crippen LogP contribution in [0, 0.1) is 113 Å². The number of aryl methyl sites for hydroxylation is 3. The lowest BCUT2D eigenvalue weighted by molar-refractivity contribution is 0.767. The van der Waals surface area contributed by atoms with Crippen molar-refractivity contribution in [3.05, 3.63) is 132 Å². The summed E-state index contributed by atoms with van der Waals surface area (Å²) in [4.78, 5) is 18.8. The van der Waals surface area contributed by atoms with Crippen molar-refractivity contribution in [1.29, 1.82) is 0 Å². The maximum atomic E-state index is 4.15. The topological polar surface area (TPSA) is 119 Å². The molecular formula is C55H68N10. The molecule has 0 unspecified atom stereocenters. The van der Waals surface area contributed by atoms with E-state index in [4.69, 9.17) is 0 Å². The van der Waals surface area contributed by atoms with Crippen LogP contribution in [0.25, 0.3) is 0 Å². The van der Waals surface area contributed by atoms with Crippen LogP contribution in [0.4, 0.5) is 0 Å². The molecule has 0 amide bonds. The zero-order chi connectivity index (χ0) is 48.4. The second-order valence-corrected chi connectivity index (χ2v) is 16.2. The molecule has 65 heavy (non-hydrogen) atoms. The summed E-state index contributed by atoms with van der Waals surface area (Å²) in [6.45, 7) is 26.8. The summed E-state index contributed by atoms with van der Waals surface area (Å²) < 4.78 is 3.67. The van der Waals surface area contributed by atoms with Gasteiger partial charge < -0.3 is 9.55 Å². The fraction of sp³-hybridized carbons (Fsp3) is 0.382. The third-order valence-electron chi connectivity index (χ3n) is 7.10. The Balaban J connectivity index is 0.000000390. The van der Waals surface area contributed by atoms with Gasteiger partial charge in [0.05, 0.1) is 48.6 Å². The molecule has 2 N–H and O–H groups in total. The maximum absolute atomic E-state index is 4.15. The van der Waals surface area contributed by atoms with Gasteiger partial charge in [-0.15, -0.1) is 0 Å². The Morgan fingerprint density at radius 3 is 1.51 bits per heavy atom. The van der Waals surface area contributed by atoms with Gasteiger partial charge in [-0.1, -0.05) is 142 Å². The number of nitrogens with zero attached hydrogens (tertiary/aromatic N) is 8. The van der Waals surface area contributed by atoms with Crippen LogP contribution in [-0.4, -0.2) is 49.5 Å². The van der Waals surface area contributed by atoms with E-state index in [1.807, 2.05) is 62.2 Å². The van der Waals surface area contributed by atoms with Crippen molar-refractivity contribution in [3.8, 4) is 71.0 Å². The van der Waals surface area contributed by atoms with Crippen molar-refractivity contribution < 1.29 is 0 Å². The Hall–Kier alpha value is -7.50. The average molecular weight is 869 g/mol.